The van der Waals surface area contributed by atoms with Crippen molar-refractivity contribution in [3.8, 4) is 0 Å². The number of ether oxygens (including phenoxy) is 1. The van der Waals surface area contributed by atoms with Crippen LogP contribution in [0.5, 0.6) is 0 Å². The van der Waals surface area contributed by atoms with Crippen LogP contribution in [-0.2, 0) is 9.53 Å². The molecule has 0 saturated heterocycles. The maximum atomic E-state index is 12.8. The lowest BCUT2D eigenvalue weighted by Gasteiger charge is -2.36. The molecule has 0 radical (unpaired) electrons. The highest BCUT2D eigenvalue weighted by Gasteiger charge is 2.87. The highest BCUT2D eigenvalue weighted by atomic mass is 19.4. The molecular formula is C8H3F13O2. The van der Waals surface area contributed by atoms with Gasteiger partial charge in [0.25, 0.3) is 0 Å². The van der Waals surface area contributed by atoms with E-state index < -0.39 is 48.9 Å². The Morgan fingerprint density at radius 2 is 1.13 bits per heavy atom. The molecule has 0 rings (SSSR count). The standard InChI is InChI=1S/C8H3F13O2/c9-2(10)3(22)23-1-4(11,12)5(13,14)6(15,16)7(17,18)8(19,20)21/h2H,1H2. The van der Waals surface area contributed by atoms with Crippen LogP contribution in [0.3, 0.4) is 0 Å². The van der Waals surface area contributed by atoms with Gasteiger partial charge in [-0.1, -0.05) is 0 Å². The Hall–Kier alpha value is -1.44. The van der Waals surface area contributed by atoms with Crippen LogP contribution in [0.2, 0.25) is 0 Å². The summed E-state index contributed by atoms with van der Waals surface area (Å²) >= 11 is 0. The van der Waals surface area contributed by atoms with E-state index in [1.54, 1.807) is 0 Å². The lowest BCUT2D eigenvalue weighted by Crippen LogP contribution is -2.67. The monoisotopic (exact) mass is 378 g/mol. The van der Waals surface area contributed by atoms with Crippen molar-refractivity contribution in [2.75, 3.05) is 6.61 Å². The molecule has 0 spiro atoms. The van der Waals surface area contributed by atoms with Crippen molar-refractivity contribution in [3.05, 3.63) is 0 Å². The topological polar surface area (TPSA) is 26.3 Å². The molecule has 2 nitrogen and oxygen atoms in total. The largest absolute Gasteiger partial charge is 0.460 e. The first-order valence-corrected chi connectivity index (χ1v) is 4.85. The molecule has 0 unspecified atom stereocenters. The van der Waals surface area contributed by atoms with E-state index in [9.17, 15) is 61.9 Å². The van der Waals surface area contributed by atoms with Gasteiger partial charge in [-0.3, -0.25) is 0 Å². The Kier molecular flexibility index (Phi) is 5.52. The third kappa shape index (κ3) is 3.57. The zero-order chi connectivity index (χ0) is 19.1. The molecule has 0 aliphatic rings. The van der Waals surface area contributed by atoms with Crippen LogP contribution in [0.15, 0.2) is 0 Å². The van der Waals surface area contributed by atoms with Gasteiger partial charge in [-0.25, -0.2) is 4.79 Å². The van der Waals surface area contributed by atoms with Crippen molar-refractivity contribution in [1.82, 2.24) is 0 Å². The van der Waals surface area contributed by atoms with Crippen LogP contribution >= 0.6 is 0 Å². The quantitative estimate of drug-likeness (QED) is 0.518. The number of hydrogen-bond acceptors (Lipinski definition) is 2. The fourth-order valence-corrected chi connectivity index (χ4v) is 0.920. The van der Waals surface area contributed by atoms with Crippen molar-refractivity contribution in [1.29, 1.82) is 0 Å². The van der Waals surface area contributed by atoms with E-state index in [1.807, 2.05) is 0 Å². The van der Waals surface area contributed by atoms with Gasteiger partial charge in [0.15, 0.2) is 6.61 Å². The normalized spacial score (nSPS) is 15.0. The van der Waals surface area contributed by atoms with Crippen molar-refractivity contribution >= 4 is 5.97 Å². The molecule has 0 aromatic carbocycles. The Balaban J connectivity index is 5.62. The summed E-state index contributed by atoms with van der Waals surface area (Å²) < 4.78 is 162. The van der Waals surface area contributed by atoms with Crippen molar-refractivity contribution in [2.45, 2.75) is 36.3 Å². The van der Waals surface area contributed by atoms with Gasteiger partial charge in [-0.05, 0) is 0 Å². The molecule has 138 valence electrons. The second kappa shape index (κ2) is 5.89. The molecule has 0 aliphatic heterocycles. The molecule has 0 amide bonds. The number of hydrogen-bond donors (Lipinski definition) is 0. The number of carbonyl (C=O) groups excluding carboxylic acids is 1. The zero-order valence-corrected chi connectivity index (χ0v) is 10.0. The Labute approximate surface area is 117 Å². The first kappa shape index (κ1) is 21.6. The van der Waals surface area contributed by atoms with Gasteiger partial charge in [0, 0.05) is 0 Å². The van der Waals surface area contributed by atoms with E-state index >= 15 is 0 Å². The first-order valence-electron chi connectivity index (χ1n) is 4.85. The van der Waals surface area contributed by atoms with Crippen LogP contribution in [0, 0.1) is 0 Å². The minimum atomic E-state index is -7.68. The summed E-state index contributed by atoms with van der Waals surface area (Å²) in [6.07, 6.45) is -11.5. The molecular weight excluding hydrogens is 375 g/mol. The first-order chi connectivity index (χ1) is 9.83. The maximum Gasteiger partial charge on any atom is 0.460 e. The van der Waals surface area contributed by atoms with Gasteiger partial charge >= 0.3 is 42.3 Å². The lowest BCUT2D eigenvalue weighted by molar-refractivity contribution is -0.424. The Morgan fingerprint density at radius 1 is 0.739 bits per heavy atom. The second-order valence-corrected chi connectivity index (χ2v) is 3.83. The Bertz CT molecular complexity index is 438. The number of halogens is 13. The fourth-order valence-electron chi connectivity index (χ4n) is 0.920. The number of esters is 1. The van der Waals surface area contributed by atoms with Crippen LogP contribution in [-0.4, -0.2) is 48.9 Å². The summed E-state index contributed by atoms with van der Waals surface area (Å²) in [6, 6.07) is 0. The van der Waals surface area contributed by atoms with Gasteiger partial charge in [-0.15, -0.1) is 0 Å². The molecule has 0 fully saturated rings. The number of alkyl halides is 13. The minimum Gasteiger partial charge on any atom is -0.455 e. The molecule has 0 atom stereocenters. The van der Waals surface area contributed by atoms with E-state index in [4.69, 9.17) is 0 Å². The number of carbonyl (C=O) groups is 1. The number of rotatable bonds is 6. The van der Waals surface area contributed by atoms with Crippen molar-refractivity contribution in [2.24, 2.45) is 0 Å². The van der Waals surface area contributed by atoms with Gasteiger partial charge in [-0.2, -0.15) is 57.1 Å². The molecule has 0 aromatic rings. The summed E-state index contributed by atoms with van der Waals surface area (Å²) in [7, 11) is 0. The fraction of sp³-hybridized carbons (Fsp3) is 0.875. The van der Waals surface area contributed by atoms with E-state index in [1.165, 1.54) is 0 Å². The van der Waals surface area contributed by atoms with Crippen LogP contribution in [0.25, 0.3) is 0 Å². The van der Waals surface area contributed by atoms with Gasteiger partial charge in [0.1, 0.15) is 0 Å². The molecule has 0 bridgehead atoms. The van der Waals surface area contributed by atoms with E-state index in [0.717, 1.165) is 0 Å². The summed E-state index contributed by atoms with van der Waals surface area (Å²) in [4.78, 5) is 10.1. The SMILES string of the molecule is O=C(OCC(F)(F)C(F)(F)C(F)(F)C(F)(F)C(F)(F)F)C(F)F. The summed E-state index contributed by atoms with van der Waals surface area (Å²) in [5, 5.41) is 0. The molecule has 15 heteroatoms. The highest BCUT2D eigenvalue weighted by molar-refractivity contribution is 5.72. The molecule has 0 N–H and O–H groups in total. The van der Waals surface area contributed by atoms with Crippen molar-refractivity contribution < 1.29 is 66.6 Å². The average molecular weight is 378 g/mol. The van der Waals surface area contributed by atoms with Crippen molar-refractivity contribution in [3.63, 3.8) is 0 Å². The molecule has 0 saturated carbocycles. The predicted octanol–water partition coefficient (Wildman–Crippen LogP) is 3.90. The molecule has 0 heterocycles. The average Bonchev–Trinajstić information content (AvgIpc) is 2.33. The van der Waals surface area contributed by atoms with Crippen LogP contribution in [0.4, 0.5) is 57.1 Å². The van der Waals surface area contributed by atoms with Gasteiger partial charge in [0.2, 0.25) is 0 Å². The Morgan fingerprint density at radius 3 is 1.43 bits per heavy atom. The third-order valence-electron chi connectivity index (χ3n) is 2.18. The third-order valence-corrected chi connectivity index (χ3v) is 2.18. The van der Waals surface area contributed by atoms with Crippen LogP contribution in [0.1, 0.15) is 0 Å². The summed E-state index contributed by atoms with van der Waals surface area (Å²) in [5.74, 6) is -32.1. The highest BCUT2D eigenvalue weighted by Crippen LogP contribution is 2.57. The molecule has 23 heavy (non-hydrogen) atoms. The molecule has 0 aliphatic carbocycles. The summed E-state index contributed by atoms with van der Waals surface area (Å²) in [5.41, 5.74) is 0. The minimum absolute atomic E-state index is 2.77. The zero-order valence-electron chi connectivity index (χ0n) is 10.0. The van der Waals surface area contributed by atoms with E-state index in [-0.39, 0.29) is 0 Å². The van der Waals surface area contributed by atoms with Crippen LogP contribution < -0.4 is 0 Å². The smallest absolute Gasteiger partial charge is 0.455 e. The van der Waals surface area contributed by atoms with E-state index in [2.05, 4.69) is 4.74 Å². The maximum absolute atomic E-state index is 12.8. The van der Waals surface area contributed by atoms with Gasteiger partial charge < -0.3 is 4.74 Å². The molecule has 0 aromatic heterocycles. The van der Waals surface area contributed by atoms with Gasteiger partial charge in [0.05, 0.1) is 0 Å². The van der Waals surface area contributed by atoms with E-state index in [0.29, 0.717) is 0 Å². The predicted molar refractivity (Wildman–Crippen MR) is 42.8 cm³/mol. The second-order valence-electron chi connectivity index (χ2n) is 3.83. The summed E-state index contributed by atoms with van der Waals surface area (Å²) in [6.45, 7) is -3.29. The lowest BCUT2D eigenvalue weighted by atomic mass is 9.98.